The van der Waals surface area contributed by atoms with E-state index in [4.69, 9.17) is 11.6 Å². The first-order valence-electron chi connectivity index (χ1n) is 6.58. The average Bonchev–Trinajstić information content (AvgIpc) is 2.83. The molecule has 0 amide bonds. The number of rotatable bonds is 3. The van der Waals surface area contributed by atoms with Gasteiger partial charge in [-0.2, -0.15) is 0 Å². The first-order valence-corrected chi connectivity index (χ1v) is 7.75. The lowest BCUT2D eigenvalue weighted by Gasteiger charge is -2.04. The summed E-state index contributed by atoms with van der Waals surface area (Å²) in [5.41, 5.74) is 2.81. The lowest BCUT2D eigenvalue weighted by molar-refractivity contribution is 0.629. The van der Waals surface area contributed by atoms with Crippen LogP contribution in [-0.4, -0.2) is 14.4 Å². The number of halogens is 3. The Morgan fingerprint density at radius 1 is 1.43 bits per heavy atom. The van der Waals surface area contributed by atoms with Gasteiger partial charge in [0.05, 0.1) is 16.4 Å². The quantitative estimate of drug-likeness (QED) is 0.615. The number of hydrogen-bond donors (Lipinski definition) is 0. The summed E-state index contributed by atoms with van der Waals surface area (Å²) in [6, 6.07) is 4.88. The van der Waals surface area contributed by atoms with Crippen molar-refractivity contribution in [3.8, 4) is 11.3 Å². The number of hydrogen-bond acceptors (Lipinski definition) is 2. The normalized spacial score (nSPS) is 11.2. The smallest absolute Gasteiger partial charge is 0.173 e. The van der Waals surface area contributed by atoms with Crippen molar-refractivity contribution in [1.29, 1.82) is 0 Å². The minimum absolute atomic E-state index is 0.329. The Kier molecular flexibility index (Phi) is 3.95. The fourth-order valence-electron chi connectivity index (χ4n) is 2.34. The van der Waals surface area contributed by atoms with Gasteiger partial charge in [-0.3, -0.25) is 0 Å². The van der Waals surface area contributed by atoms with E-state index in [1.54, 1.807) is 22.7 Å². The van der Waals surface area contributed by atoms with E-state index in [9.17, 15) is 4.39 Å². The molecule has 0 saturated carbocycles. The van der Waals surface area contributed by atoms with Gasteiger partial charge >= 0.3 is 0 Å². The fourth-order valence-corrected chi connectivity index (χ4v) is 2.72. The van der Waals surface area contributed by atoms with Gasteiger partial charge in [0, 0.05) is 18.0 Å². The van der Waals surface area contributed by atoms with Crippen LogP contribution in [0.5, 0.6) is 0 Å². The summed E-state index contributed by atoms with van der Waals surface area (Å²) in [6.07, 6.45) is 5.26. The molecule has 0 bridgehead atoms. The molecule has 0 aromatic carbocycles. The Balaban J connectivity index is 2.27. The predicted octanol–water partition coefficient (Wildman–Crippen LogP) is 4.90. The van der Waals surface area contributed by atoms with Crippen molar-refractivity contribution < 1.29 is 4.39 Å². The topological polar surface area (TPSA) is 30.2 Å². The highest BCUT2D eigenvalue weighted by Crippen LogP contribution is 2.30. The summed E-state index contributed by atoms with van der Waals surface area (Å²) in [6.45, 7) is 2.08. The molecule has 21 heavy (non-hydrogen) atoms. The molecule has 0 aliphatic rings. The minimum Gasteiger partial charge on any atom is -0.301 e. The van der Waals surface area contributed by atoms with Crippen molar-refractivity contribution in [3.63, 3.8) is 0 Å². The Morgan fingerprint density at radius 3 is 2.95 bits per heavy atom. The Hall–Kier alpha value is -1.46. The molecule has 0 aliphatic carbocycles. The number of fused-ring (bicyclic) bond motifs is 1. The highest BCUT2D eigenvalue weighted by Gasteiger charge is 2.16. The standard InChI is InChI=1S/C15H12BrClFN3/c1-2-4-12-13(9-7-10(17)14(16)19-8-9)20-15-11(18)5-3-6-21(12)15/h3,5-8H,2,4H2,1H3. The molecule has 6 heteroatoms. The van der Waals surface area contributed by atoms with Crippen molar-refractivity contribution in [2.24, 2.45) is 0 Å². The second-order valence-corrected chi connectivity index (χ2v) is 5.86. The van der Waals surface area contributed by atoms with Gasteiger partial charge in [0.2, 0.25) is 0 Å². The molecule has 0 atom stereocenters. The lowest BCUT2D eigenvalue weighted by Crippen LogP contribution is -1.95. The third-order valence-corrected chi connectivity index (χ3v) is 4.41. The molecule has 3 heterocycles. The summed E-state index contributed by atoms with van der Waals surface area (Å²) in [5, 5.41) is 0.507. The van der Waals surface area contributed by atoms with Crippen molar-refractivity contribution >= 4 is 33.2 Å². The maximum atomic E-state index is 13.9. The maximum absolute atomic E-state index is 13.9. The van der Waals surface area contributed by atoms with E-state index < -0.39 is 0 Å². The second kappa shape index (κ2) is 5.73. The van der Waals surface area contributed by atoms with E-state index in [1.165, 1.54) is 6.07 Å². The summed E-state index contributed by atoms with van der Waals surface area (Å²) >= 11 is 9.37. The minimum atomic E-state index is -0.336. The molecule has 108 valence electrons. The average molecular weight is 369 g/mol. The number of aromatic nitrogens is 3. The van der Waals surface area contributed by atoms with E-state index in [1.807, 2.05) is 6.20 Å². The van der Waals surface area contributed by atoms with Crippen LogP contribution in [-0.2, 0) is 6.42 Å². The molecule has 0 saturated heterocycles. The molecular weight excluding hydrogens is 357 g/mol. The number of aryl methyl sites for hydroxylation is 1. The van der Waals surface area contributed by atoms with Gasteiger partial charge in [-0.1, -0.05) is 24.9 Å². The van der Waals surface area contributed by atoms with Crippen molar-refractivity contribution in [2.75, 3.05) is 0 Å². The van der Waals surface area contributed by atoms with Crippen LogP contribution in [0, 0.1) is 5.82 Å². The lowest BCUT2D eigenvalue weighted by atomic mass is 10.1. The first kappa shape index (κ1) is 14.5. The molecule has 3 aromatic heterocycles. The van der Waals surface area contributed by atoms with Gasteiger partial charge in [-0.25, -0.2) is 14.4 Å². The third-order valence-electron chi connectivity index (χ3n) is 3.26. The van der Waals surface area contributed by atoms with Crippen molar-refractivity contribution in [2.45, 2.75) is 19.8 Å². The van der Waals surface area contributed by atoms with Crippen LogP contribution in [0.25, 0.3) is 16.9 Å². The molecule has 0 radical (unpaired) electrons. The highest BCUT2D eigenvalue weighted by atomic mass is 79.9. The molecule has 0 spiro atoms. The summed E-state index contributed by atoms with van der Waals surface area (Å²) < 4.78 is 16.3. The van der Waals surface area contributed by atoms with Gasteiger partial charge in [0.25, 0.3) is 0 Å². The molecule has 3 nitrogen and oxygen atoms in total. The monoisotopic (exact) mass is 367 g/mol. The fraction of sp³-hybridized carbons (Fsp3) is 0.200. The van der Waals surface area contributed by atoms with E-state index in [0.717, 1.165) is 29.8 Å². The molecule has 0 fully saturated rings. The zero-order chi connectivity index (χ0) is 15.0. The number of imidazole rings is 1. The SMILES string of the molecule is CCCc1c(-c2cnc(Br)c(Cl)c2)nc2c(F)cccn12. The van der Waals surface area contributed by atoms with Gasteiger partial charge < -0.3 is 4.40 Å². The van der Waals surface area contributed by atoms with Crippen LogP contribution in [0.2, 0.25) is 5.02 Å². The summed E-state index contributed by atoms with van der Waals surface area (Å²) in [4.78, 5) is 8.64. The van der Waals surface area contributed by atoms with Crippen LogP contribution in [0.1, 0.15) is 19.0 Å². The zero-order valence-electron chi connectivity index (χ0n) is 11.3. The van der Waals surface area contributed by atoms with E-state index in [0.29, 0.717) is 15.3 Å². The summed E-state index contributed by atoms with van der Waals surface area (Å²) in [7, 11) is 0. The van der Waals surface area contributed by atoms with Crippen LogP contribution in [0.4, 0.5) is 4.39 Å². The highest BCUT2D eigenvalue weighted by molar-refractivity contribution is 9.10. The maximum Gasteiger partial charge on any atom is 0.173 e. The van der Waals surface area contributed by atoms with E-state index >= 15 is 0 Å². The van der Waals surface area contributed by atoms with Gasteiger partial charge in [0.15, 0.2) is 11.5 Å². The van der Waals surface area contributed by atoms with Crippen molar-refractivity contribution in [3.05, 3.63) is 51.7 Å². The molecule has 3 rings (SSSR count). The van der Waals surface area contributed by atoms with Crippen molar-refractivity contribution in [1.82, 2.24) is 14.4 Å². The largest absolute Gasteiger partial charge is 0.301 e. The number of nitrogens with zero attached hydrogens (tertiary/aromatic N) is 3. The van der Waals surface area contributed by atoms with Crippen LogP contribution in [0.3, 0.4) is 0 Å². The van der Waals surface area contributed by atoms with Gasteiger partial charge in [0.1, 0.15) is 4.60 Å². The Labute approximate surface area is 134 Å². The van der Waals surface area contributed by atoms with E-state index in [-0.39, 0.29) is 5.82 Å². The van der Waals surface area contributed by atoms with Crippen LogP contribution < -0.4 is 0 Å². The molecule has 0 N–H and O–H groups in total. The van der Waals surface area contributed by atoms with Gasteiger partial charge in [-0.05, 0) is 40.5 Å². The second-order valence-electron chi connectivity index (χ2n) is 4.70. The molecular formula is C15H12BrClFN3. The molecule has 0 unspecified atom stereocenters. The third kappa shape index (κ3) is 2.56. The first-order chi connectivity index (χ1) is 10.1. The van der Waals surface area contributed by atoms with Crippen LogP contribution in [0.15, 0.2) is 35.2 Å². The molecule has 3 aromatic rings. The summed E-state index contributed by atoms with van der Waals surface area (Å²) in [5.74, 6) is -0.336. The van der Waals surface area contributed by atoms with Gasteiger partial charge in [-0.15, -0.1) is 0 Å². The number of pyridine rings is 2. The predicted molar refractivity (Wildman–Crippen MR) is 85.1 cm³/mol. The van der Waals surface area contributed by atoms with E-state index in [2.05, 4.69) is 32.8 Å². The zero-order valence-corrected chi connectivity index (χ0v) is 13.6. The Bertz CT molecular complexity index is 816. The van der Waals surface area contributed by atoms with Crippen LogP contribution >= 0.6 is 27.5 Å². The molecule has 0 aliphatic heterocycles. The Morgan fingerprint density at radius 2 is 2.24 bits per heavy atom.